The summed E-state index contributed by atoms with van der Waals surface area (Å²) in [5, 5.41) is 3.42. The predicted octanol–water partition coefficient (Wildman–Crippen LogP) is 6.62. The SMILES string of the molecule is C#C.C[C@H](Nc1nccc(-c2c(-c3ccc(F)cc3)nc3cc(CN4CCCC4)ccn23)n1)c1ccccc1. The summed E-state index contributed by atoms with van der Waals surface area (Å²) >= 11 is 0. The first-order chi connectivity index (χ1) is 19.1. The molecule has 0 spiro atoms. The highest BCUT2D eigenvalue weighted by Crippen LogP contribution is 2.33. The number of aromatic nitrogens is 4. The molecule has 2 aromatic carbocycles. The monoisotopic (exact) mass is 518 g/mol. The molecule has 6 rings (SSSR count). The summed E-state index contributed by atoms with van der Waals surface area (Å²) < 4.78 is 15.8. The Morgan fingerprint density at radius 1 is 0.949 bits per heavy atom. The van der Waals surface area contributed by atoms with E-state index in [1.165, 1.54) is 30.5 Å². The number of likely N-dealkylation sites (tertiary alicyclic amines) is 1. The summed E-state index contributed by atoms with van der Waals surface area (Å²) in [6.07, 6.45) is 14.4. The zero-order chi connectivity index (χ0) is 27.2. The number of anilines is 1. The van der Waals surface area contributed by atoms with E-state index in [1.54, 1.807) is 18.3 Å². The average molecular weight is 519 g/mol. The van der Waals surface area contributed by atoms with Crippen molar-refractivity contribution in [2.75, 3.05) is 18.4 Å². The minimum Gasteiger partial charge on any atom is -0.348 e. The third-order valence-corrected chi connectivity index (χ3v) is 6.96. The van der Waals surface area contributed by atoms with Gasteiger partial charge in [0.25, 0.3) is 0 Å². The number of fused-ring (bicyclic) bond motifs is 1. The molecule has 0 amide bonds. The van der Waals surface area contributed by atoms with Crippen LogP contribution in [0.1, 0.15) is 36.9 Å². The molecular weight excluding hydrogens is 487 g/mol. The van der Waals surface area contributed by atoms with Crippen LogP contribution in [0.3, 0.4) is 0 Å². The molecule has 39 heavy (non-hydrogen) atoms. The number of terminal acetylenes is 1. The van der Waals surface area contributed by atoms with Crippen molar-refractivity contribution in [2.24, 2.45) is 0 Å². The van der Waals surface area contributed by atoms with Crippen molar-refractivity contribution in [3.63, 3.8) is 0 Å². The van der Waals surface area contributed by atoms with Gasteiger partial charge in [-0.15, -0.1) is 12.8 Å². The molecule has 0 bridgehead atoms. The van der Waals surface area contributed by atoms with E-state index in [0.717, 1.165) is 53.5 Å². The molecule has 0 unspecified atom stereocenters. The Hall–Kier alpha value is -4.54. The molecule has 7 heteroatoms. The molecule has 0 aliphatic carbocycles. The average Bonchev–Trinajstić information content (AvgIpc) is 3.63. The van der Waals surface area contributed by atoms with Crippen molar-refractivity contribution in [1.29, 1.82) is 0 Å². The first-order valence-electron chi connectivity index (χ1n) is 13.1. The van der Waals surface area contributed by atoms with E-state index in [1.807, 2.05) is 24.3 Å². The van der Waals surface area contributed by atoms with Gasteiger partial charge in [-0.25, -0.2) is 19.3 Å². The number of nitrogens with zero attached hydrogens (tertiary/aromatic N) is 5. The smallest absolute Gasteiger partial charge is 0.223 e. The lowest BCUT2D eigenvalue weighted by atomic mass is 10.1. The lowest BCUT2D eigenvalue weighted by Gasteiger charge is -2.15. The van der Waals surface area contributed by atoms with Crippen LogP contribution in [0.25, 0.3) is 28.3 Å². The topological polar surface area (TPSA) is 58.4 Å². The maximum Gasteiger partial charge on any atom is 0.223 e. The van der Waals surface area contributed by atoms with Crippen molar-refractivity contribution in [1.82, 2.24) is 24.3 Å². The van der Waals surface area contributed by atoms with Gasteiger partial charge in [0.15, 0.2) is 0 Å². The second-order valence-electron chi connectivity index (χ2n) is 9.60. The van der Waals surface area contributed by atoms with Crippen molar-refractivity contribution in [2.45, 2.75) is 32.4 Å². The molecule has 0 radical (unpaired) electrons. The van der Waals surface area contributed by atoms with Crippen molar-refractivity contribution < 1.29 is 4.39 Å². The molecule has 6 nitrogen and oxygen atoms in total. The Morgan fingerprint density at radius 2 is 1.69 bits per heavy atom. The zero-order valence-electron chi connectivity index (χ0n) is 22.0. The maximum atomic E-state index is 13.7. The summed E-state index contributed by atoms with van der Waals surface area (Å²) in [6, 6.07) is 22.9. The van der Waals surface area contributed by atoms with Gasteiger partial charge in [-0.05, 0) is 86.4 Å². The Morgan fingerprint density at radius 3 is 2.44 bits per heavy atom. The molecule has 0 saturated carbocycles. The molecule has 1 N–H and O–H groups in total. The van der Waals surface area contributed by atoms with Gasteiger partial charge in [-0.2, -0.15) is 0 Å². The largest absolute Gasteiger partial charge is 0.348 e. The minimum atomic E-state index is -0.273. The first kappa shape index (κ1) is 26.1. The molecular formula is C32H31FN6. The van der Waals surface area contributed by atoms with Gasteiger partial charge < -0.3 is 5.32 Å². The van der Waals surface area contributed by atoms with E-state index < -0.39 is 0 Å². The van der Waals surface area contributed by atoms with E-state index in [4.69, 9.17) is 9.97 Å². The van der Waals surface area contributed by atoms with Gasteiger partial charge in [0.05, 0.1) is 23.1 Å². The number of halogens is 1. The van der Waals surface area contributed by atoms with Gasteiger partial charge in [-0.3, -0.25) is 9.30 Å². The lowest BCUT2D eigenvalue weighted by molar-refractivity contribution is 0.331. The van der Waals surface area contributed by atoms with E-state index >= 15 is 0 Å². The number of nitrogens with one attached hydrogen (secondary N) is 1. The van der Waals surface area contributed by atoms with Crippen LogP contribution in [0.15, 0.2) is 85.2 Å². The second-order valence-corrected chi connectivity index (χ2v) is 9.60. The Bertz CT molecular complexity index is 1550. The van der Waals surface area contributed by atoms with Crippen LogP contribution < -0.4 is 5.32 Å². The molecule has 196 valence electrons. The van der Waals surface area contributed by atoms with Gasteiger partial charge in [0, 0.05) is 24.5 Å². The maximum absolute atomic E-state index is 13.7. The minimum absolute atomic E-state index is 0.0448. The highest BCUT2D eigenvalue weighted by molar-refractivity contribution is 5.80. The van der Waals surface area contributed by atoms with Crippen LogP contribution in [-0.4, -0.2) is 37.3 Å². The molecule has 1 aliphatic heterocycles. The third kappa shape index (κ3) is 5.82. The standard InChI is InChI=1S/C30H29FN6.C2H2/c1-21(23-7-3-2-4-8-23)33-30-32-15-13-26(34-30)29-28(24-9-11-25(31)12-10-24)35-27-19-22(14-18-37(27)29)20-36-16-5-6-17-36;1-2/h2-4,7-15,18-19,21H,5-6,16-17,20H2,1H3,(H,32,33,34);1-2H/t21-;/m0./s1. The quantitative estimate of drug-likeness (QED) is 0.246. The number of hydrogen-bond acceptors (Lipinski definition) is 5. The fourth-order valence-corrected chi connectivity index (χ4v) is 5.02. The second kappa shape index (κ2) is 11.9. The van der Waals surface area contributed by atoms with Crippen LogP contribution in [0, 0.1) is 18.7 Å². The summed E-state index contributed by atoms with van der Waals surface area (Å²) in [5.74, 6) is 0.268. The Kier molecular flexibility index (Phi) is 7.95. The highest BCUT2D eigenvalue weighted by Gasteiger charge is 2.19. The van der Waals surface area contributed by atoms with Crippen LogP contribution in [0.2, 0.25) is 0 Å². The van der Waals surface area contributed by atoms with Crippen LogP contribution in [-0.2, 0) is 6.54 Å². The first-order valence-corrected chi connectivity index (χ1v) is 13.1. The van der Waals surface area contributed by atoms with Gasteiger partial charge in [0.2, 0.25) is 5.95 Å². The zero-order valence-corrected chi connectivity index (χ0v) is 22.0. The lowest BCUT2D eigenvalue weighted by Crippen LogP contribution is -2.18. The molecule has 5 aromatic rings. The Labute approximate surface area is 228 Å². The van der Waals surface area contributed by atoms with E-state index in [-0.39, 0.29) is 11.9 Å². The van der Waals surface area contributed by atoms with Crippen molar-refractivity contribution >= 4 is 11.6 Å². The van der Waals surface area contributed by atoms with Crippen molar-refractivity contribution in [3.05, 3.63) is 102 Å². The summed E-state index contributed by atoms with van der Waals surface area (Å²) in [4.78, 5) is 16.8. The highest BCUT2D eigenvalue weighted by atomic mass is 19.1. The molecule has 1 saturated heterocycles. The Balaban J connectivity index is 0.00000151. The third-order valence-electron chi connectivity index (χ3n) is 6.96. The van der Waals surface area contributed by atoms with Crippen LogP contribution >= 0.6 is 0 Å². The predicted molar refractivity (Wildman–Crippen MR) is 154 cm³/mol. The number of pyridine rings is 1. The number of imidazole rings is 1. The van der Waals surface area contributed by atoms with Gasteiger partial charge in [0.1, 0.15) is 11.5 Å². The molecule has 4 heterocycles. The van der Waals surface area contributed by atoms with E-state index in [2.05, 4.69) is 69.8 Å². The van der Waals surface area contributed by atoms with Crippen molar-refractivity contribution in [3.8, 4) is 35.5 Å². The normalized spacial score (nSPS) is 14.1. The number of hydrogen-bond donors (Lipinski definition) is 1. The molecule has 1 fully saturated rings. The van der Waals surface area contributed by atoms with E-state index in [9.17, 15) is 4.39 Å². The molecule has 1 atom stereocenters. The molecule has 3 aromatic heterocycles. The van der Waals surface area contributed by atoms with Gasteiger partial charge >= 0.3 is 0 Å². The summed E-state index contributed by atoms with van der Waals surface area (Å²) in [5.41, 5.74) is 6.44. The fourth-order valence-electron chi connectivity index (χ4n) is 5.02. The van der Waals surface area contributed by atoms with Crippen LogP contribution in [0.4, 0.5) is 10.3 Å². The molecule has 1 aliphatic rings. The van der Waals surface area contributed by atoms with Gasteiger partial charge in [-0.1, -0.05) is 30.3 Å². The van der Waals surface area contributed by atoms with Crippen LogP contribution in [0.5, 0.6) is 0 Å². The fraction of sp³-hybridized carbons (Fsp3) is 0.219. The summed E-state index contributed by atoms with van der Waals surface area (Å²) in [6.45, 7) is 5.29. The number of benzene rings is 2. The summed E-state index contributed by atoms with van der Waals surface area (Å²) in [7, 11) is 0. The van der Waals surface area contributed by atoms with E-state index in [0.29, 0.717) is 5.95 Å². The number of rotatable bonds is 7.